The molecular formula is C10H9ClNO4S-. The Labute approximate surface area is 105 Å². The number of aliphatic carboxylic acids is 1. The number of halogens is 1. The highest BCUT2D eigenvalue weighted by atomic mass is 35.5. The quantitative estimate of drug-likeness (QED) is 0.804. The number of amides is 1. The summed E-state index contributed by atoms with van der Waals surface area (Å²) in [5.74, 6) is -3.07. The summed E-state index contributed by atoms with van der Waals surface area (Å²) in [4.78, 5) is 21.5. The minimum absolute atomic E-state index is 0.353. The maximum atomic E-state index is 11.4. The molecule has 17 heavy (non-hydrogen) atoms. The first-order chi connectivity index (χ1) is 7.99. The van der Waals surface area contributed by atoms with Gasteiger partial charge in [0.05, 0.1) is 22.4 Å². The number of benzene rings is 1. The van der Waals surface area contributed by atoms with E-state index in [0.29, 0.717) is 10.7 Å². The van der Waals surface area contributed by atoms with Gasteiger partial charge in [0.1, 0.15) is 5.75 Å². The third-order valence-corrected chi connectivity index (χ3v) is 3.19. The van der Waals surface area contributed by atoms with Crippen molar-refractivity contribution in [3.8, 4) is 0 Å². The van der Waals surface area contributed by atoms with Crippen molar-refractivity contribution in [2.75, 3.05) is 16.8 Å². The van der Waals surface area contributed by atoms with E-state index in [1.165, 1.54) is 0 Å². The summed E-state index contributed by atoms with van der Waals surface area (Å²) in [6.07, 6.45) is 0. The van der Waals surface area contributed by atoms with E-state index in [2.05, 4.69) is 5.32 Å². The van der Waals surface area contributed by atoms with Gasteiger partial charge in [0.2, 0.25) is 5.91 Å². The van der Waals surface area contributed by atoms with Gasteiger partial charge < -0.3 is 15.2 Å². The standard InChI is InChI=1S/C10H10ClNO4S/c11-7-3-1-2-4-8(7)12-9(13)5-17(16)6-10(14)15/h1-4H,5-6H2,(H,12,13)(H,14,15)/p-1/t17-/m0/s1. The van der Waals surface area contributed by atoms with Crippen LogP contribution in [0.2, 0.25) is 5.02 Å². The van der Waals surface area contributed by atoms with Crippen LogP contribution in [-0.2, 0) is 20.4 Å². The zero-order valence-electron chi connectivity index (χ0n) is 8.64. The number of rotatable bonds is 5. The average molecular weight is 275 g/mol. The zero-order valence-corrected chi connectivity index (χ0v) is 10.2. The lowest BCUT2D eigenvalue weighted by molar-refractivity contribution is -0.301. The van der Waals surface area contributed by atoms with Gasteiger partial charge in [0, 0.05) is 10.8 Å². The fraction of sp³-hybridized carbons (Fsp3) is 0.200. The van der Waals surface area contributed by atoms with Crippen molar-refractivity contribution < 1.29 is 18.9 Å². The molecule has 0 aliphatic rings. The van der Waals surface area contributed by atoms with Crippen molar-refractivity contribution in [3.63, 3.8) is 0 Å². The molecule has 1 atom stereocenters. The van der Waals surface area contributed by atoms with Crippen LogP contribution in [0.1, 0.15) is 0 Å². The Morgan fingerprint density at radius 3 is 2.53 bits per heavy atom. The largest absolute Gasteiger partial charge is 0.549 e. The molecule has 0 fully saturated rings. The van der Waals surface area contributed by atoms with Crippen molar-refractivity contribution in [2.45, 2.75) is 0 Å². The van der Waals surface area contributed by atoms with Crippen LogP contribution >= 0.6 is 11.6 Å². The van der Waals surface area contributed by atoms with E-state index in [-0.39, 0.29) is 0 Å². The van der Waals surface area contributed by atoms with E-state index < -0.39 is 34.2 Å². The summed E-state index contributed by atoms with van der Waals surface area (Å²) < 4.78 is 11.1. The molecule has 1 aromatic rings. The van der Waals surface area contributed by atoms with Gasteiger partial charge in [0.15, 0.2) is 0 Å². The highest BCUT2D eigenvalue weighted by molar-refractivity contribution is 7.86. The minimum atomic E-state index is -1.78. The van der Waals surface area contributed by atoms with E-state index >= 15 is 0 Å². The highest BCUT2D eigenvalue weighted by Gasteiger charge is 2.09. The number of nitrogens with one attached hydrogen (secondary N) is 1. The first-order valence-electron chi connectivity index (χ1n) is 4.58. The third kappa shape index (κ3) is 4.97. The number of hydrogen-bond donors (Lipinski definition) is 1. The highest BCUT2D eigenvalue weighted by Crippen LogP contribution is 2.20. The monoisotopic (exact) mass is 274 g/mol. The molecule has 5 nitrogen and oxygen atoms in total. The smallest absolute Gasteiger partial charge is 0.237 e. The topological polar surface area (TPSA) is 86.3 Å². The molecule has 92 valence electrons. The average Bonchev–Trinajstić information content (AvgIpc) is 2.19. The lowest BCUT2D eigenvalue weighted by atomic mass is 10.3. The molecule has 0 aliphatic heterocycles. The summed E-state index contributed by atoms with van der Waals surface area (Å²) in [6.45, 7) is 0. The first kappa shape index (κ1) is 13.7. The number of carboxylic acids is 1. The fourth-order valence-corrected chi connectivity index (χ4v) is 1.99. The zero-order chi connectivity index (χ0) is 12.8. The molecular weight excluding hydrogens is 266 g/mol. The first-order valence-corrected chi connectivity index (χ1v) is 6.45. The number of hydrogen-bond acceptors (Lipinski definition) is 4. The van der Waals surface area contributed by atoms with Gasteiger partial charge in [-0.3, -0.25) is 9.00 Å². The Kier molecular flexibility index (Phi) is 5.11. The molecule has 7 heteroatoms. The third-order valence-electron chi connectivity index (χ3n) is 1.72. The SMILES string of the molecule is O=C([O-])C[S@@](=O)CC(=O)Nc1ccccc1Cl. The molecule has 0 saturated carbocycles. The number of carbonyl (C=O) groups excluding carboxylic acids is 2. The van der Waals surface area contributed by atoms with Crippen molar-refractivity contribution in [1.82, 2.24) is 0 Å². The lowest BCUT2D eigenvalue weighted by Crippen LogP contribution is -2.31. The van der Waals surface area contributed by atoms with E-state index in [9.17, 15) is 18.9 Å². The van der Waals surface area contributed by atoms with Gasteiger partial charge in [-0.15, -0.1) is 0 Å². The summed E-state index contributed by atoms with van der Waals surface area (Å²) in [5, 5.41) is 12.9. The summed E-state index contributed by atoms with van der Waals surface area (Å²) in [6, 6.07) is 6.56. The maximum Gasteiger partial charge on any atom is 0.237 e. The second-order valence-corrected chi connectivity index (χ2v) is 4.99. The molecule has 0 saturated heterocycles. The lowest BCUT2D eigenvalue weighted by Gasteiger charge is -2.07. The van der Waals surface area contributed by atoms with E-state index in [0.717, 1.165) is 0 Å². The fourth-order valence-electron chi connectivity index (χ4n) is 1.08. The van der Waals surface area contributed by atoms with Gasteiger partial charge in [0.25, 0.3) is 0 Å². The van der Waals surface area contributed by atoms with Crippen LogP contribution in [0.4, 0.5) is 5.69 Å². The minimum Gasteiger partial charge on any atom is -0.549 e. The molecule has 0 bridgehead atoms. The molecule has 1 N–H and O–H groups in total. The van der Waals surface area contributed by atoms with E-state index in [4.69, 9.17) is 11.6 Å². The molecule has 1 amide bonds. The maximum absolute atomic E-state index is 11.4. The summed E-state index contributed by atoms with van der Waals surface area (Å²) in [7, 11) is -1.78. The Morgan fingerprint density at radius 1 is 1.29 bits per heavy atom. The molecule has 0 unspecified atom stereocenters. The van der Waals surface area contributed by atoms with E-state index in [1.54, 1.807) is 24.3 Å². The van der Waals surface area contributed by atoms with Crippen LogP contribution < -0.4 is 10.4 Å². The van der Waals surface area contributed by atoms with Crippen LogP contribution in [0.5, 0.6) is 0 Å². The molecule has 0 spiro atoms. The predicted molar refractivity (Wildman–Crippen MR) is 63.0 cm³/mol. The van der Waals surface area contributed by atoms with Gasteiger partial charge in [-0.25, -0.2) is 0 Å². The number of carboxylic acid groups (broad SMARTS) is 1. The van der Waals surface area contributed by atoms with Crippen molar-refractivity contribution in [3.05, 3.63) is 29.3 Å². The molecule has 1 aromatic carbocycles. The summed E-state index contributed by atoms with van der Waals surface area (Å²) >= 11 is 5.79. The second-order valence-electron chi connectivity index (χ2n) is 3.13. The van der Waals surface area contributed by atoms with Gasteiger partial charge >= 0.3 is 0 Å². The molecule has 0 aromatic heterocycles. The number of carbonyl (C=O) groups is 2. The van der Waals surface area contributed by atoms with E-state index in [1.807, 2.05) is 0 Å². The van der Waals surface area contributed by atoms with Crippen molar-refractivity contribution >= 4 is 40.0 Å². The second kappa shape index (κ2) is 6.36. The van der Waals surface area contributed by atoms with Crippen LogP contribution in [0, 0.1) is 0 Å². The Balaban J connectivity index is 2.53. The molecule has 0 radical (unpaired) electrons. The number of para-hydroxylation sites is 1. The Morgan fingerprint density at radius 2 is 1.94 bits per heavy atom. The van der Waals surface area contributed by atoms with Crippen LogP contribution in [0.25, 0.3) is 0 Å². The Bertz CT molecular complexity index is 463. The van der Waals surface area contributed by atoms with Gasteiger partial charge in [-0.05, 0) is 12.1 Å². The normalized spacial score (nSPS) is 11.8. The Hall–Kier alpha value is -1.40. The molecule has 0 aliphatic carbocycles. The summed E-state index contributed by atoms with van der Waals surface area (Å²) in [5.41, 5.74) is 0.393. The van der Waals surface area contributed by atoms with Crippen molar-refractivity contribution in [1.29, 1.82) is 0 Å². The van der Waals surface area contributed by atoms with Crippen LogP contribution in [0.15, 0.2) is 24.3 Å². The van der Waals surface area contributed by atoms with Gasteiger partial charge in [-0.2, -0.15) is 0 Å². The van der Waals surface area contributed by atoms with Crippen molar-refractivity contribution in [2.24, 2.45) is 0 Å². The number of anilines is 1. The molecule has 1 rings (SSSR count). The van der Waals surface area contributed by atoms with Crippen LogP contribution in [-0.4, -0.2) is 27.6 Å². The van der Waals surface area contributed by atoms with Crippen LogP contribution in [0.3, 0.4) is 0 Å². The predicted octanol–water partition coefficient (Wildman–Crippen LogP) is -0.223. The van der Waals surface area contributed by atoms with Gasteiger partial charge in [-0.1, -0.05) is 23.7 Å². The molecule has 0 heterocycles.